The van der Waals surface area contributed by atoms with Gasteiger partial charge in [-0.15, -0.1) is 0 Å². The van der Waals surface area contributed by atoms with Gasteiger partial charge in [-0.1, -0.05) is 25.5 Å². The Bertz CT molecular complexity index is 709. The lowest BCUT2D eigenvalue weighted by molar-refractivity contribution is 0.305. The molecule has 27 heavy (non-hydrogen) atoms. The van der Waals surface area contributed by atoms with Crippen molar-refractivity contribution < 1.29 is 13.5 Å². The Morgan fingerprint density at radius 2 is 1.81 bits per heavy atom. The highest BCUT2D eigenvalue weighted by molar-refractivity contribution is 5.29. The van der Waals surface area contributed by atoms with Gasteiger partial charge in [0.25, 0.3) is 0 Å². The number of hydrogen-bond donors (Lipinski definition) is 0. The minimum atomic E-state index is -1.01. The molecule has 0 radical (unpaired) electrons. The maximum atomic E-state index is 13.3. The molecule has 1 heterocycles. The van der Waals surface area contributed by atoms with E-state index in [0.29, 0.717) is 11.8 Å². The van der Waals surface area contributed by atoms with Gasteiger partial charge >= 0.3 is 0 Å². The number of rotatable bonds is 8. The standard InChI is InChI=1S/C23H29F2NO/c1-2-3-14-27-21-12-10-20(11-13-21)19-8-6-17(7-9-19)4-5-18-15-22(24)23(25)26-16-18/h10-13,15-17,19H,2-9,14H2,1H3. The second-order valence-electron chi connectivity index (χ2n) is 7.64. The summed E-state index contributed by atoms with van der Waals surface area (Å²) in [5.74, 6) is 0.377. The predicted octanol–water partition coefficient (Wildman–Crippen LogP) is 6.45. The van der Waals surface area contributed by atoms with Gasteiger partial charge in [0, 0.05) is 6.20 Å². The summed E-state index contributed by atoms with van der Waals surface area (Å²) in [6, 6.07) is 9.87. The summed E-state index contributed by atoms with van der Waals surface area (Å²) in [6.07, 6.45) is 10.2. The molecule has 0 N–H and O–H groups in total. The smallest absolute Gasteiger partial charge is 0.248 e. The Morgan fingerprint density at radius 3 is 2.48 bits per heavy atom. The summed E-state index contributed by atoms with van der Waals surface area (Å²) in [5, 5.41) is 0. The molecule has 3 rings (SSSR count). The quantitative estimate of drug-likeness (QED) is 0.392. The molecule has 1 aromatic heterocycles. The van der Waals surface area contributed by atoms with E-state index < -0.39 is 11.8 Å². The first-order chi connectivity index (χ1) is 13.2. The van der Waals surface area contributed by atoms with Crippen LogP contribution in [0.3, 0.4) is 0 Å². The Labute approximate surface area is 161 Å². The minimum absolute atomic E-state index is 0.621. The van der Waals surface area contributed by atoms with Crippen molar-refractivity contribution in [1.82, 2.24) is 4.98 Å². The molecule has 0 atom stereocenters. The molecule has 2 aromatic rings. The average molecular weight is 373 g/mol. The third-order valence-electron chi connectivity index (χ3n) is 5.66. The fourth-order valence-electron chi connectivity index (χ4n) is 3.92. The molecule has 0 unspecified atom stereocenters. The zero-order chi connectivity index (χ0) is 19.1. The number of benzene rings is 1. The molecule has 2 nitrogen and oxygen atoms in total. The van der Waals surface area contributed by atoms with Crippen LogP contribution < -0.4 is 4.74 Å². The van der Waals surface area contributed by atoms with Crippen LogP contribution in [0.15, 0.2) is 36.5 Å². The number of pyridine rings is 1. The zero-order valence-corrected chi connectivity index (χ0v) is 16.1. The largest absolute Gasteiger partial charge is 0.494 e. The highest BCUT2D eigenvalue weighted by Crippen LogP contribution is 2.38. The number of unbranched alkanes of at least 4 members (excludes halogenated alkanes) is 1. The number of halogens is 2. The first-order valence-electron chi connectivity index (χ1n) is 10.2. The van der Waals surface area contributed by atoms with Gasteiger partial charge in [0.1, 0.15) is 5.75 Å². The first-order valence-corrected chi connectivity index (χ1v) is 10.2. The van der Waals surface area contributed by atoms with Crippen LogP contribution in [0.5, 0.6) is 5.75 Å². The van der Waals surface area contributed by atoms with Crippen molar-refractivity contribution in [1.29, 1.82) is 0 Å². The number of nitrogens with zero attached hydrogens (tertiary/aromatic N) is 1. The third kappa shape index (κ3) is 5.75. The lowest BCUT2D eigenvalue weighted by Crippen LogP contribution is -2.14. The maximum absolute atomic E-state index is 13.3. The summed E-state index contributed by atoms with van der Waals surface area (Å²) in [5.41, 5.74) is 2.19. The van der Waals surface area contributed by atoms with Gasteiger partial charge in [-0.2, -0.15) is 4.39 Å². The van der Waals surface area contributed by atoms with E-state index in [4.69, 9.17) is 4.74 Å². The SMILES string of the molecule is CCCCOc1ccc(C2CCC(CCc3cnc(F)c(F)c3)CC2)cc1. The van der Waals surface area contributed by atoms with Gasteiger partial charge in [0.15, 0.2) is 5.82 Å². The van der Waals surface area contributed by atoms with Crippen LogP contribution in [0, 0.1) is 17.7 Å². The summed E-state index contributed by atoms with van der Waals surface area (Å²) in [6.45, 7) is 2.95. The van der Waals surface area contributed by atoms with Crippen LogP contribution >= 0.6 is 0 Å². The fourth-order valence-corrected chi connectivity index (χ4v) is 3.92. The van der Waals surface area contributed by atoms with Crippen LogP contribution in [0.2, 0.25) is 0 Å². The predicted molar refractivity (Wildman–Crippen MR) is 104 cm³/mol. The summed E-state index contributed by atoms with van der Waals surface area (Å²) in [7, 11) is 0. The Balaban J connectivity index is 1.43. The Hall–Kier alpha value is -1.97. The van der Waals surface area contributed by atoms with E-state index in [1.54, 1.807) is 0 Å². The average Bonchev–Trinajstić information content (AvgIpc) is 2.70. The number of ether oxygens (including phenoxy) is 1. The molecule has 0 spiro atoms. The second kappa shape index (κ2) is 9.82. The Morgan fingerprint density at radius 1 is 1.07 bits per heavy atom. The van der Waals surface area contributed by atoms with E-state index in [0.717, 1.165) is 43.6 Å². The summed E-state index contributed by atoms with van der Waals surface area (Å²) < 4.78 is 31.9. The third-order valence-corrected chi connectivity index (χ3v) is 5.66. The molecule has 1 aliphatic carbocycles. The molecular formula is C23H29F2NO. The molecule has 1 fully saturated rings. The van der Waals surface area contributed by atoms with Crippen molar-refractivity contribution in [2.24, 2.45) is 5.92 Å². The first kappa shape index (κ1) is 19.8. The lowest BCUT2D eigenvalue weighted by Gasteiger charge is -2.29. The van der Waals surface area contributed by atoms with Gasteiger partial charge in [0.05, 0.1) is 6.61 Å². The monoisotopic (exact) mass is 373 g/mol. The van der Waals surface area contributed by atoms with Crippen LogP contribution in [-0.2, 0) is 6.42 Å². The molecule has 0 bridgehead atoms. The number of aryl methyl sites for hydroxylation is 1. The van der Waals surface area contributed by atoms with E-state index in [9.17, 15) is 8.78 Å². The highest BCUT2D eigenvalue weighted by Gasteiger charge is 2.22. The molecule has 0 amide bonds. The summed E-state index contributed by atoms with van der Waals surface area (Å²) in [4.78, 5) is 3.47. The van der Waals surface area contributed by atoms with Gasteiger partial charge in [-0.05, 0) is 86.1 Å². The van der Waals surface area contributed by atoms with Crippen molar-refractivity contribution in [3.8, 4) is 5.75 Å². The van der Waals surface area contributed by atoms with Crippen molar-refractivity contribution >= 4 is 0 Å². The van der Waals surface area contributed by atoms with Crippen LogP contribution in [0.1, 0.15) is 68.9 Å². The molecule has 0 aliphatic heterocycles. The lowest BCUT2D eigenvalue weighted by atomic mass is 9.77. The van der Waals surface area contributed by atoms with E-state index in [1.807, 2.05) is 0 Å². The molecular weight excluding hydrogens is 344 g/mol. The Kier molecular flexibility index (Phi) is 7.19. The van der Waals surface area contributed by atoms with E-state index in [1.165, 1.54) is 43.5 Å². The molecule has 1 aliphatic rings. The van der Waals surface area contributed by atoms with Crippen LogP contribution in [0.25, 0.3) is 0 Å². The second-order valence-corrected chi connectivity index (χ2v) is 7.64. The van der Waals surface area contributed by atoms with Crippen molar-refractivity contribution in [3.63, 3.8) is 0 Å². The normalized spacial score (nSPS) is 19.8. The van der Waals surface area contributed by atoms with Crippen molar-refractivity contribution in [2.45, 2.75) is 64.2 Å². The van der Waals surface area contributed by atoms with Crippen molar-refractivity contribution in [3.05, 3.63) is 59.4 Å². The van der Waals surface area contributed by atoms with Gasteiger partial charge in [-0.25, -0.2) is 9.37 Å². The molecule has 0 saturated heterocycles. The minimum Gasteiger partial charge on any atom is -0.494 e. The van der Waals surface area contributed by atoms with Gasteiger partial charge < -0.3 is 4.74 Å². The molecule has 1 saturated carbocycles. The van der Waals surface area contributed by atoms with Crippen molar-refractivity contribution in [2.75, 3.05) is 6.61 Å². The van der Waals surface area contributed by atoms with E-state index in [-0.39, 0.29) is 0 Å². The molecule has 4 heteroatoms. The molecule has 146 valence electrons. The van der Waals surface area contributed by atoms with Crippen LogP contribution in [-0.4, -0.2) is 11.6 Å². The highest BCUT2D eigenvalue weighted by atomic mass is 19.2. The van der Waals surface area contributed by atoms with Gasteiger partial charge in [-0.3, -0.25) is 0 Å². The van der Waals surface area contributed by atoms with Gasteiger partial charge in [0.2, 0.25) is 5.95 Å². The van der Waals surface area contributed by atoms with E-state index in [2.05, 4.69) is 36.2 Å². The molecule has 1 aromatic carbocycles. The summed E-state index contributed by atoms with van der Waals surface area (Å²) >= 11 is 0. The van der Waals surface area contributed by atoms with Crippen LogP contribution in [0.4, 0.5) is 8.78 Å². The van der Waals surface area contributed by atoms with E-state index >= 15 is 0 Å². The number of hydrogen-bond acceptors (Lipinski definition) is 2. The topological polar surface area (TPSA) is 22.1 Å². The maximum Gasteiger partial charge on any atom is 0.248 e. The fraction of sp³-hybridized carbons (Fsp3) is 0.522. The zero-order valence-electron chi connectivity index (χ0n) is 16.1. The number of aromatic nitrogens is 1.